The SMILES string of the molecule is CC(CN)c1cc(F)c(O)c(Br)c1. The minimum atomic E-state index is -0.621. The van der Waals surface area contributed by atoms with Crippen molar-refractivity contribution in [2.75, 3.05) is 6.54 Å². The second-order valence-electron chi connectivity index (χ2n) is 2.97. The molecular weight excluding hydrogens is 237 g/mol. The van der Waals surface area contributed by atoms with Gasteiger partial charge in [0.1, 0.15) is 0 Å². The third kappa shape index (κ3) is 2.19. The fourth-order valence-corrected chi connectivity index (χ4v) is 1.46. The van der Waals surface area contributed by atoms with Crippen molar-refractivity contribution in [3.63, 3.8) is 0 Å². The van der Waals surface area contributed by atoms with Crippen molar-refractivity contribution in [2.45, 2.75) is 12.8 Å². The third-order valence-corrected chi connectivity index (χ3v) is 2.57. The van der Waals surface area contributed by atoms with Crippen molar-refractivity contribution in [1.82, 2.24) is 0 Å². The average Bonchev–Trinajstić information content (AvgIpc) is 2.12. The van der Waals surface area contributed by atoms with Crippen molar-refractivity contribution in [3.05, 3.63) is 28.0 Å². The number of benzene rings is 1. The molecule has 0 aliphatic rings. The lowest BCUT2D eigenvalue weighted by Crippen LogP contribution is -2.09. The summed E-state index contributed by atoms with van der Waals surface area (Å²) in [6, 6.07) is 2.98. The molecule has 4 heteroatoms. The number of phenolic OH excluding ortho intramolecular Hbond substituents is 1. The molecule has 0 bridgehead atoms. The van der Waals surface area contributed by atoms with E-state index >= 15 is 0 Å². The molecular formula is C9H11BrFNO. The van der Waals surface area contributed by atoms with Gasteiger partial charge >= 0.3 is 0 Å². The molecule has 1 aromatic rings. The summed E-state index contributed by atoms with van der Waals surface area (Å²) in [7, 11) is 0. The highest BCUT2D eigenvalue weighted by Gasteiger charge is 2.10. The fraction of sp³-hybridized carbons (Fsp3) is 0.333. The van der Waals surface area contributed by atoms with E-state index in [1.807, 2.05) is 6.92 Å². The standard InChI is InChI=1S/C9H11BrFNO/c1-5(4-12)6-2-7(10)9(13)8(11)3-6/h2-3,5,13H,4,12H2,1H3. The summed E-state index contributed by atoms with van der Waals surface area (Å²) in [5.41, 5.74) is 6.22. The van der Waals surface area contributed by atoms with Crippen LogP contribution in [0.1, 0.15) is 18.4 Å². The molecule has 3 N–H and O–H groups in total. The Hall–Kier alpha value is -0.610. The van der Waals surface area contributed by atoms with Gasteiger partial charge in [-0.25, -0.2) is 4.39 Å². The van der Waals surface area contributed by atoms with Crippen LogP contribution in [0.5, 0.6) is 5.75 Å². The molecule has 0 saturated carbocycles. The molecule has 0 radical (unpaired) electrons. The van der Waals surface area contributed by atoms with E-state index < -0.39 is 5.82 Å². The van der Waals surface area contributed by atoms with Gasteiger partial charge in [0.25, 0.3) is 0 Å². The molecule has 13 heavy (non-hydrogen) atoms. The first kappa shape index (κ1) is 10.5. The van der Waals surface area contributed by atoms with Crippen LogP contribution >= 0.6 is 15.9 Å². The van der Waals surface area contributed by atoms with Crippen molar-refractivity contribution in [1.29, 1.82) is 0 Å². The van der Waals surface area contributed by atoms with Crippen LogP contribution in [0.25, 0.3) is 0 Å². The van der Waals surface area contributed by atoms with Gasteiger partial charge in [-0.15, -0.1) is 0 Å². The molecule has 0 saturated heterocycles. The van der Waals surface area contributed by atoms with Gasteiger partial charge in [0.2, 0.25) is 0 Å². The maximum absolute atomic E-state index is 13.0. The predicted octanol–water partition coefficient (Wildman–Crippen LogP) is 2.36. The van der Waals surface area contributed by atoms with E-state index in [-0.39, 0.29) is 11.7 Å². The summed E-state index contributed by atoms with van der Waals surface area (Å²) in [5.74, 6) is -0.885. The lowest BCUT2D eigenvalue weighted by Gasteiger charge is -2.10. The molecule has 1 atom stereocenters. The Bertz CT molecular complexity index is 293. The van der Waals surface area contributed by atoms with Crippen LogP contribution in [-0.4, -0.2) is 11.7 Å². The molecule has 0 spiro atoms. The number of rotatable bonds is 2. The van der Waals surface area contributed by atoms with Gasteiger partial charge in [-0.3, -0.25) is 0 Å². The Balaban J connectivity index is 3.13. The molecule has 2 nitrogen and oxygen atoms in total. The van der Waals surface area contributed by atoms with Gasteiger partial charge in [0, 0.05) is 0 Å². The van der Waals surface area contributed by atoms with Gasteiger partial charge in [0.15, 0.2) is 11.6 Å². The predicted molar refractivity (Wildman–Crippen MR) is 53.2 cm³/mol. The third-order valence-electron chi connectivity index (χ3n) is 1.96. The van der Waals surface area contributed by atoms with Crippen LogP contribution in [0.15, 0.2) is 16.6 Å². The highest BCUT2D eigenvalue weighted by molar-refractivity contribution is 9.10. The molecule has 0 heterocycles. The number of nitrogens with two attached hydrogens (primary N) is 1. The number of hydrogen-bond acceptors (Lipinski definition) is 2. The van der Waals surface area contributed by atoms with E-state index in [4.69, 9.17) is 10.8 Å². The molecule has 1 rings (SSSR count). The summed E-state index contributed by atoms with van der Waals surface area (Å²) < 4.78 is 13.4. The zero-order chi connectivity index (χ0) is 10.0. The first-order valence-electron chi connectivity index (χ1n) is 3.94. The first-order valence-corrected chi connectivity index (χ1v) is 4.73. The van der Waals surface area contributed by atoms with E-state index in [0.717, 1.165) is 5.56 Å². The summed E-state index contributed by atoms with van der Waals surface area (Å²) in [6.45, 7) is 2.36. The van der Waals surface area contributed by atoms with Crippen LogP contribution in [0.2, 0.25) is 0 Å². The Kier molecular flexibility index (Phi) is 3.27. The largest absolute Gasteiger partial charge is 0.504 e. The first-order chi connectivity index (χ1) is 6.06. The minimum Gasteiger partial charge on any atom is -0.504 e. The van der Waals surface area contributed by atoms with Gasteiger partial charge in [-0.05, 0) is 46.1 Å². The van der Waals surface area contributed by atoms with Gasteiger partial charge in [-0.2, -0.15) is 0 Å². The van der Waals surface area contributed by atoms with Crippen LogP contribution in [0.3, 0.4) is 0 Å². The number of phenols is 1. The van der Waals surface area contributed by atoms with Gasteiger partial charge in [0.05, 0.1) is 4.47 Å². The minimum absolute atomic E-state index is 0.0893. The van der Waals surface area contributed by atoms with Crippen LogP contribution in [0, 0.1) is 5.82 Å². The van der Waals surface area contributed by atoms with Crippen molar-refractivity contribution >= 4 is 15.9 Å². The zero-order valence-electron chi connectivity index (χ0n) is 7.22. The lowest BCUT2D eigenvalue weighted by atomic mass is 10.0. The zero-order valence-corrected chi connectivity index (χ0v) is 8.81. The van der Waals surface area contributed by atoms with Crippen molar-refractivity contribution in [3.8, 4) is 5.75 Å². The molecule has 1 unspecified atom stereocenters. The summed E-state index contributed by atoms with van der Waals surface area (Å²) in [4.78, 5) is 0. The Morgan fingerprint density at radius 1 is 1.62 bits per heavy atom. The van der Waals surface area contributed by atoms with Crippen LogP contribution in [0.4, 0.5) is 4.39 Å². The molecule has 0 aromatic heterocycles. The topological polar surface area (TPSA) is 46.2 Å². The van der Waals surface area contributed by atoms with E-state index in [1.165, 1.54) is 6.07 Å². The van der Waals surface area contributed by atoms with Crippen molar-refractivity contribution < 1.29 is 9.50 Å². The summed E-state index contributed by atoms with van der Waals surface area (Å²) in [5, 5.41) is 9.13. The highest BCUT2D eigenvalue weighted by atomic mass is 79.9. The van der Waals surface area contributed by atoms with E-state index in [9.17, 15) is 4.39 Å². The second-order valence-corrected chi connectivity index (χ2v) is 3.82. The van der Waals surface area contributed by atoms with Gasteiger partial charge in [-0.1, -0.05) is 6.92 Å². The Labute approximate surface area is 84.7 Å². The smallest absolute Gasteiger partial charge is 0.166 e. The maximum Gasteiger partial charge on any atom is 0.166 e. The Morgan fingerprint density at radius 2 is 2.23 bits per heavy atom. The van der Waals surface area contributed by atoms with Crippen molar-refractivity contribution in [2.24, 2.45) is 5.73 Å². The lowest BCUT2D eigenvalue weighted by molar-refractivity contribution is 0.428. The normalized spacial score (nSPS) is 12.9. The Morgan fingerprint density at radius 3 is 2.69 bits per heavy atom. The monoisotopic (exact) mass is 247 g/mol. The highest BCUT2D eigenvalue weighted by Crippen LogP contribution is 2.30. The summed E-state index contributed by atoms with van der Waals surface area (Å²) in [6.07, 6.45) is 0. The van der Waals surface area contributed by atoms with E-state index in [2.05, 4.69) is 15.9 Å². The average molecular weight is 248 g/mol. The van der Waals surface area contributed by atoms with E-state index in [1.54, 1.807) is 6.07 Å². The molecule has 0 fully saturated rings. The molecule has 72 valence electrons. The van der Waals surface area contributed by atoms with Crippen LogP contribution in [-0.2, 0) is 0 Å². The molecule has 0 aliphatic heterocycles. The molecule has 1 aromatic carbocycles. The number of hydrogen-bond donors (Lipinski definition) is 2. The number of aromatic hydroxyl groups is 1. The van der Waals surface area contributed by atoms with E-state index in [0.29, 0.717) is 11.0 Å². The van der Waals surface area contributed by atoms with Gasteiger partial charge < -0.3 is 10.8 Å². The fourth-order valence-electron chi connectivity index (χ4n) is 1.01. The molecule has 0 amide bonds. The summed E-state index contributed by atoms with van der Waals surface area (Å²) >= 11 is 3.06. The molecule has 0 aliphatic carbocycles. The number of halogens is 2. The van der Waals surface area contributed by atoms with Crippen LogP contribution < -0.4 is 5.73 Å². The quantitative estimate of drug-likeness (QED) is 0.843. The maximum atomic E-state index is 13.0. The second kappa shape index (κ2) is 4.07.